The topological polar surface area (TPSA) is 95.9 Å². The van der Waals surface area contributed by atoms with Gasteiger partial charge in [-0.05, 0) is 24.5 Å². The summed E-state index contributed by atoms with van der Waals surface area (Å²) < 4.78 is 5.26. The number of aliphatic carboxylic acids is 1. The molecule has 0 aromatic heterocycles. The quantitative estimate of drug-likeness (QED) is 0.713. The molecule has 0 fully saturated rings. The van der Waals surface area contributed by atoms with E-state index in [1.54, 1.807) is 6.92 Å². The lowest BCUT2D eigenvalue weighted by molar-refractivity contribution is -0.157. The zero-order valence-electron chi connectivity index (χ0n) is 14.5. The summed E-state index contributed by atoms with van der Waals surface area (Å²) in [5.74, 6) is -1.77. The Morgan fingerprint density at radius 1 is 1.32 bits per heavy atom. The molecule has 0 spiro atoms. The van der Waals surface area contributed by atoms with Crippen LogP contribution in [0.4, 0.5) is 0 Å². The molecular formula is C18H24N2O5. The van der Waals surface area contributed by atoms with Gasteiger partial charge in [0.1, 0.15) is 6.04 Å². The van der Waals surface area contributed by atoms with Crippen molar-refractivity contribution in [2.45, 2.75) is 45.3 Å². The maximum Gasteiger partial charge on any atom is 0.329 e. The van der Waals surface area contributed by atoms with Crippen LogP contribution >= 0.6 is 0 Å². The summed E-state index contributed by atoms with van der Waals surface area (Å²) in [4.78, 5) is 37.4. The van der Waals surface area contributed by atoms with E-state index in [0.29, 0.717) is 26.0 Å². The number of fused-ring (bicyclic) bond motifs is 1. The molecule has 0 saturated heterocycles. The van der Waals surface area contributed by atoms with E-state index >= 15 is 0 Å². The fraction of sp³-hybridized carbons (Fsp3) is 0.500. The number of carboxylic acid groups (broad SMARTS) is 1. The first-order valence-corrected chi connectivity index (χ1v) is 8.43. The number of carboxylic acids is 1. The number of carbonyl (C=O) groups is 3. The summed E-state index contributed by atoms with van der Waals surface area (Å²) in [6.45, 7) is 3.80. The molecule has 2 rings (SSSR count). The first-order chi connectivity index (χ1) is 11.9. The van der Waals surface area contributed by atoms with Gasteiger partial charge in [-0.1, -0.05) is 31.2 Å². The molecule has 7 heteroatoms. The number of rotatable bonds is 7. The van der Waals surface area contributed by atoms with Crippen LogP contribution < -0.4 is 5.32 Å². The highest BCUT2D eigenvalue weighted by molar-refractivity contribution is 5.88. The van der Waals surface area contributed by atoms with Gasteiger partial charge < -0.3 is 14.7 Å². The minimum absolute atomic E-state index is 0.306. The molecule has 136 valence electrons. The van der Waals surface area contributed by atoms with Crippen molar-refractivity contribution in [3.05, 3.63) is 35.4 Å². The molecule has 0 bridgehead atoms. The molecule has 1 amide bonds. The Morgan fingerprint density at radius 2 is 2.00 bits per heavy atom. The van der Waals surface area contributed by atoms with E-state index in [4.69, 9.17) is 9.84 Å². The van der Waals surface area contributed by atoms with E-state index in [2.05, 4.69) is 5.32 Å². The van der Waals surface area contributed by atoms with Crippen molar-refractivity contribution in [3.8, 4) is 0 Å². The average Bonchev–Trinajstić information content (AvgIpc) is 2.62. The normalized spacial score (nSPS) is 17.5. The Morgan fingerprint density at radius 3 is 2.64 bits per heavy atom. The van der Waals surface area contributed by atoms with Crippen LogP contribution in [0.15, 0.2) is 24.3 Å². The molecule has 1 aromatic rings. The monoisotopic (exact) mass is 348 g/mol. The number of esters is 1. The van der Waals surface area contributed by atoms with E-state index in [1.165, 1.54) is 4.90 Å². The Bertz CT molecular complexity index is 646. The van der Waals surface area contributed by atoms with Crippen LogP contribution in [-0.2, 0) is 32.1 Å². The molecule has 0 aliphatic carbocycles. The van der Waals surface area contributed by atoms with Crippen molar-refractivity contribution in [2.24, 2.45) is 0 Å². The summed E-state index contributed by atoms with van der Waals surface area (Å²) in [7, 11) is 0. The van der Waals surface area contributed by atoms with Gasteiger partial charge in [-0.15, -0.1) is 0 Å². The van der Waals surface area contributed by atoms with Crippen molar-refractivity contribution in [2.75, 3.05) is 13.2 Å². The molecule has 1 heterocycles. The zero-order valence-corrected chi connectivity index (χ0v) is 14.5. The molecule has 2 N–H and O–H groups in total. The molecule has 1 aromatic carbocycles. The van der Waals surface area contributed by atoms with E-state index < -0.39 is 24.0 Å². The number of nitrogens with one attached hydrogen (secondary N) is 1. The summed E-state index contributed by atoms with van der Waals surface area (Å²) in [5, 5.41) is 11.4. The Labute approximate surface area is 147 Å². The molecule has 0 radical (unpaired) electrons. The first-order valence-electron chi connectivity index (χ1n) is 8.43. The van der Waals surface area contributed by atoms with Crippen molar-refractivity contribution in [1.29, 1.82) is 0 Å². The second-order valence-corrected chi connectivity index (χ2v) is 6.12. The third-order valence-corrected chi connectivity index (χ3v) is 4.18. The van der Waals surface area contributed by atoms with Gasteiger partial charge >= 0.3 is 11.9 Å². The standard InChI is InChI=1S/C18H24N2O5/c1-3-8-25-18(24)15-9-13-6-4-5-7-14(13)11-20(15)17(23)12(2)19-10-16(21)22/h4-7,12,15,19H,3,8-11H2,1-2H3,(H,21,22). The number of amides is 1. The first kappa shape index (κ1) is 18.9. The van der Waals surface area contributed by atoms with Crippen molar-refractivity contribution in [3.63, 3.8) is 0 Å². The molecule has 1 aliphatic rings. The van der Waals surface area contributed by atoms with Crippen LogP contribution in [0.3, 0.4) is 0 Å². The zero-order chi connectivity index (χ0) is 18.4. The molecule has 0 saturated carbocycles. The minimum atomic E-state index is -1.04. The van der Waals surface area contributed by atoms with Gasteiger partial charge in [-0.25, -0.2) is 4.79 Å². The van der Waals surface area contributed by atoms with Crippen LogP contribution in [0.5, 0.6) is 0 Å². The largest absolute Gasteiger partial charge is 0.480 e. The smallest absolute Gasteiger partial charge is 0.329 e. The van der Waals surface area contributed by atoms with Crippen LogP contribution in [-0.4, -0.2) is 53.1 Å². The SMILES string of the molecule is CCCOC(=O)C1Cc2ccccc2CN1C(=O)C(C)NCC(=O)O. The molecule has 1 aliphatic heterocycles. The van der Waals surface area contributed by atoms with Crippen LogP contribution in [0, 0.1) is 0 Å². The third-order valence-electron chi connectivity index (χ3n) is 4.18. The summed E-state index contributed by atoms with van der Waals surface area (Å²) in [5.41, 5.74) is 2.01. The maximum atomic E-state index is 12.8. The van der Waals surface area contributed by atoms with Crippen LogP contribution in [0.2, 0.25) is 0 Å². The predicted molar refractivity (Wildman–Crippen MR) is 90.8 cm³/mol. The lowest BCUT2D eigenvalue weighted by Gasteiger charge is -2.37. The van der Waals surface area contributed by atoms with Gasteiger partial charge in [-0.3, -0.25) is 14.9 Å². The molecule has 2 atom stereocenters. The number of hydrogen-bond donors (Lipinski definition) is 2. The fourth-order valence-electron chi connectivity index (χ4n) is 2.84. The van der Waals surface area contributed by atoms with Gasteiger partial charge in [0, 0.05) is 13.0 Å². The number of nitrogens with zero attached hydrogens (tertiary/aromatic N) is 1. The van der Waals surface area contributed by atoms with Crippen LogP contribution in [0.25, 0.3) is 0 Å². The maximum absolute atomic E-state index is 12.8. The van der Waals surface area contributed by atoms with Gasteiger partial charge in [-0.2, -0.15) is 0 Å². The molecule has 7 nitrogen and oxygen atoms in total. The highest BCUT2D eigenvalue weighted by Crippen LogP contribution is 2.24. The van der Waals surface area contributed by atoms with Gasteiger partial charge in [0.25, 0.3) is 0 Å². The lowest BCUT2D eigenvalue weighted by Crippen LogP contribution is -2.55. The van der Waals surface area contributed by atoms with Gasteiger partial charge in [0.15, 0.2) is 0 Å². The minimum Gasteiger partial charge on any atom is -0.480 e. The number of ether oxygens (including phenoxy) is 1. The summed E-state index contributed by atoms with van der Waals surface area (Å²) in [6, 6.07) is 6.28. The van der Waals surface area contributed by atoms with Crippen LogP contribution in [0.1, 0.15) is 31.4 Å². The molecule has 2 unspecified atom stereocenters. The second-order valence-electron chi connectivity index (χ2n) is 6.12. The molecule has 25 heavy (non-hydrogen) atoms. The number of carbonyl (C=O) groups excluding carboxylic acids is 2. The van der Waals surface area contributed by atoms with Crippen molar-refractivity contribution >= 4 is 17.8 Å². The second kappa shape index (κ2) is 8.62. The van der Waals surface area contributed by atoms with Gasteiger partial charge in [0.2, 0.25) is 5.91 Å². The highest BCUT2D eigenvalue weighted by atomic mass is 16.5. The summed E-state index contributed by atoms with van der Waals surface area (Å²) in [6.07, 6.45) is 1.11. The third kappa shape index (κ3) is 4.79. The van der Waals surface area contributed by atoms with E-state index in [-0.39, 0.29) is 12.5 Å². The lowest BCUT2D eigenvalue weighted by atomic mass is 9.93. The highest BCUT2D eigenvalue weighted by Gasteiger charge is 2.37. The van der Waals surface area contributed by atoms with E-state index in [1.807, 2.05) is 31.2 Å². The number of hydrogen-bond acceptors (Lipinski definition) is 5. The Balaban J connectivity index is 2.19. The van der Waals surface area contributed by atoms with Gasteiger partial charge in [0.05, 0.1) is 19.2 Å². The fourth-order valence-corrected chi connectivity index (χ4v) is 2.84. The van der Waals surface area contributed by atoms with E-state index in [9.17, 15) is 14.4 Å². The van der Waals surface area contributed by atoms with Crippen molar-refractivity contribution < 1.29 is 24.2 Å². The Kier molecular flexibility index (Phi) is 6.52. The average molecular weight is 348 g/mol. The summed E-state index contributed by atoms with van der Waals surface area (Å²) >= 11 is 0. The predicted octanol–water partition coefficient (Wildman–Crippen LogP) is 0.956. The Hall–Kier alpha value is -2.41. The molecular weight excluding hydrogens is 324 g/mol. The van der Waals surface area contributed by atoms with E-state index in [0.717, 1.165) is 11.1 Å². The number of benzene rings is 1. The van der Waals surface area contributed by atoms with Crippen molar-refractivity contribution in [1.82, 2.24) is 10.2 Å².